The molecule has 0 radical (unpaired) electrons. The average molecular weight is 319 g/mol. The van der Waals surface area contributed by atoms with Gasteiger partial charge in [0.15, 0.2) is 0 Å². The summed E-state index contributed by atoms with van der Waals surface area (Å²) in [5.74, 6) is 0.791. The molecule has 1 aromatic carbocycles. The van der Waals surface area contributed by atoms with Gasteiger partial charge in [-0.15, -0.1) is 0 Å². The molecule has 0 spiro atoms. The van der Waals surface area contributed by atoms with Crippen LogP contribution in [0.15, 0.2) is 48.7 Å². The van der Waals surface area contributed by atoms with Gasteiger partial charge in [-0.3, -0.25) is 0 Å². The maximum absolute atomic E-state index is 11.8. The minimum Gasteiger partial charge on any atom is -0.368 e. The Morgan fingerprint density at radius 1 is 1.18 bits per heavy atom. The molecule has 1 unspecified atom stereocenters. The van der Waals surface area contributed by atoms with Crippen molar-refractivity contribution in [3.63, 3.8) is 0 Å². The van der Waals surface area contributed by atoms with Crippen molar-refractivity contribution in [2.75, 3.05) is 18.4 Å². The number of pyridine rings is 1. The van der Waals surface area contributed by atoms with Crippen molar-refractivity contribution in [2.45, 2.75) is 13.0 Å². The van der Waals surface area contributed by atoms with Crippen LogP contribution in [-0.2, 0) is 0 Å². The Bertz CT molecular complexity index is 589. The van der Waals surface area contributed by atoms with Gasteiger partial charge in [-0.05, 0) is 36.8 Å². The number of carbonyl (C=O) groups is 1. The fourth-order valence-corrected chi connectivity index (χ4v) is 2.04. The summed E-state index contributed by atoms with van der Waals surface area (Å²) in [6, 6.07) is 12.8. The zero-order chi connectivity index (χ0) is 15.8. The molecular weight excluding hydrogens is 300 g/mol. The monoisotopic (exact) mass is 318 g/mol. The predicted molar refractivity (Wildman–Crippen MR) is 89.1 cm³/mol. The Hall–Kier alpha value is -2.27. The van der Waals surface area contributed by atoms with E-state index < -0.39 is 0 Å². The third kappa shape index (κ3) is 5.26. The van der Waals surface area contributed by atoms with E-state index in [1.165, 1.54) is 0 Å². The maximum Gasteiger partial charge on any atom is 0.315 e. The van der Waals surface area contributed by atoms with Crippen LogP contribution in [0.3, 0.4) is 0 Å². The first kappa shape index (κ1) is 16.1. The highest BCUT2D eigenvalue weighted by Gasteiger charge is 2.08. The number of halogens is 1. The van der Waals surface area contributed by atoms with E-state index in [-0.39, 0.29) is 12.1 Å². The molecular formula is C16H19ClN4O. The summed E-state index contributed by atoms with van der Waals surface area (Å²) in [5.41, 5.74) is 1.01. The lowest BCUT2D eigenvalue weighted by Crippen LogP contribution is -2.39. The summed E-state index contributed by atoms with van der Waals surface area (Å²) < 4.78 is 0. The van der Waals surface area contributed by atoms with Crippen molar-refractivity contribution in [1.29, 1.82) is 0 Å². The number of hydrogen-bond donors (Lipinski definition) is 3. The Morgan fingerprint density at radius 3 is 2.64 bits per heavy atom. The van der Waals surface area contributed by atoms with E-state index in [0.717, 1.165) is 11.4 Å². The lowest BCUT2D eigenvalue weighted by molar-refractivity contribution is 0.238. The van der Waals surface area contributed by atoms with E-state index in [1.807, 2.05) is 49.4 Å². The second kappa shape index (κ2) is 8.24. The molecule has 2 aromatic rings. The number of rotatable bonds is 6. The van der Waals surface area contributed by atoms with Gasteiger partial charge >= 0.3 is 6.03 Å². The van der Waals surface area contributed by atoms with Crippen molar-refractivity contribution in [3.05, 3.63) is 59.2 Å². The summed E-state index contributed by atoms with van der Waals surface area (Å²) in [7, 11) is 0. The van der Waals surface area contributed by atoms with Crippen molar-refractivity contribution < 1.29 is 4.79 Å². The molecule has 0 aliphatic rings. The standard InChI is InChI=1S/C16H19ClN4O/c1-12(13-5-7-14(17)8-6-13)21-16(22)20-11-10-19-15-4-2-3-9-18-15/h2-9,12H,10-11H2,1H3,(H,18,19)(H2,20,21,22). The summed E-state index contributed by atoms with van der Waals surface area (Å²) in [5, 5.41) is 9.48. The van der Waals surface area contributed by atoms with Gasteiger partial charge in [0.05, 0.1) is 6.04 Å². The minimum absolute atomic E-state index is 0.0824. The molecule has 0 saturated heterocycles. The Balaban J connectivity index is 1.68. The molecule has 0 fully saturated rings. The Labute approximate surface area is 135 Å². The maximum atomic E-state index is 11.8. The average Bonchev–Trinajstić information content (AvgIpc) is 2.53. The Kier molecular flexibility index (Phi) is 6.03. The highest BCUT2D eigenvalue weighted by atomic mass is 35.5. The van der Waals surface area contributed by atoms with Gasteiger partial charge in [-0.2, -0.15) is 0 Å². The molecule has 3 N–H and O–H groups in total. The van der Waals surface area contributed by atoms with E-state index in [0.29, 0.717) is 18.1 Å². The van der Waals surface area contributed by atoms with Crippen LogP contribution in [0.4, 0.5) is 10.6 Å². The minimum atomic E-state index is -0.203. The number of nitrogens with zero attached hydrogens (tertiary/aromatic N) is 1. The summed E-state index contributed by atoms with van der Waals surface area (Å²) in [4.78, 5) is 16.0. The quantitative estimate of drug-likeness (QED) is 0.717. The number of carbonyl (C=O) groups excluding carboxylic acids is 1. The van der Waals surface area contributed by atoms with Gasteiger partial charge in [0.2, 0.25) is 0 Å². The van der Waals surface area contributed by atoms with Gasteiger partial charge in [0, 0.05) is 24.3 Å². The third-order valence-corrected chi connectivity index (χ3v) is 3.35. The van der Waals surface area contributed by atoms with Gasteiger partial charge < -0.3 is 16.0 Å². The van der Waals surface area contributed by atoms with Gasteiger partial charge in [0.25, 0.3) is 0 Å². The molecule has 0 aliphatic carbocycles. The van der Waals surface area contributed by atoms with Crippen molar-refractivity contribution in [1.82, 2.24) is 15.6 Å². The zero-order valence-electron chi connectivity index (χ0n) is 12.3. The van der Waals surface area contributed by atoms with Crippen LogP contribution in [-0.4, -0.2) is 24.1 Å². The topological polar surface area (TPSA) is 66.1 Å². The Morgan fingerprint density at radius 2 is 1.95 bits per heavy atom. The van der Waals surface area contributed by atoms with Crippen LogP contribution in [0.25, 0.3) is 0 Å². The number of urea groups is 1. The van der Waals surface area contributed by atoms with Crippen LogP contribution in [0.5, 0.6) is 0 Å². The SMILES string of the molecule is CC(NC(=O)NCCNc1ccccn1)c1ccc(Cl)cc1. The molecule has 0 bridgehead atoms. The number of amides is 2. The van der Waals surface area contributed by atoms with Crippen molar-refractivity contribution in [3.8, 4) is 0 Å². The first-order valence-corrected chi connectivity index (χ1v) is 7.47. The summed E-state index contributed by atoms with van der Waals surface area (Å²) in [6.07, 6.45) is 1.72. The van der Waals surface area contributed by atoms with Crippen molar-refractivity contribution >= 4 is 23.4 Å². The number of benzene rings is 1. The second-order valence-electron chi connectivity index (χ2n) is 4.82. The van der Waals surface area contributed by atoms with E-state index in [1.54, 1.807) is 6.20 Å². The van der Waals surface area contributed by atoms with E-state index >= 15 is 0 Å². The highest BCUT2D eigenvalue weighted by molar-refractivity contribution is 6.30. The number of anilines is 1. The van der Waals surface area contributed by atoms with Crippen LogP contribution >= 0.6 is 11.6 Å². The molecule has 0 saturated carbocycles. The van der Waals surface area contributed by atoms with Gasteiger partial charge in [0.1, 0.15) is 5.82 Å². The smallest absolute Gasteiger partial charge is 0.315 e. The normalized spacial score (nSPS) is 11.5. The lowest BCUT2D eigenvalue weighted by atomic mass is 10.1. The third-order valence-electron chi connectivity index (χ3n) is 3.10. The van der Waals surface area contributed by atoms with Crippen molar-refractivity contribution in [2.24, 2.45) is 0 Å². The van der Waals surface area contributed by atoms with Gasteiger partial charge in [-0.25, -0.2) is 9.78 Å². The van der Waals surface area contributed by atoms with E-state index in [9.17, 15) is 4.79 Å². The van der Waals surface area contributed by atoms with E-state index in [4.69, 9.17) is 11.6 Å². The highest BCUT2D eigenvalue weighted by Crippen LogP contribution is 2.15. The second-order valence-corrected chi connectivity index (χ2v) is 5.25. The molecule has 116 valence electrons. The number of aromatic nitrogens is 1. The molecule has 1 aromatic heterocycles. The molecule has 22 heavy (non-hydrogen) atoms. The summed E-state index contributed by atoms with van der Waals surface area (Å²) in [6.45, 7) is 3.05. The van der Waals surface area contributed by atoms with Crippen LogP contribution < -0.4 is 16.0 Å². The lowest BCUT2D eigenvalue weighted by Gasteiger charge is -2.15. The molecule has 2 rings (SSSR count). The molecule has 1 atom stereocenters. The largest absolute Gasteiger partial charge is 0.368 e. The fourth-order valence-electron chi connectivity index (χ4n) is 1.92. The van der Waals surface area contributed by atoms with Gasteiger partial charge in [-0.1, -0.05) is 29.8 Å². The molecule has 0 aliphatic heterocycles. The number of hydrogen-bond acceptors (Lipinski definition) is 3. The fraction of sp³-hybridized carbons (Fsp3) is 0.250. The van der Waals surface area contributed by atoms with Crippen LogP contribution in [0.1, 0.15) is 18.5 Å². The van der Waals surface area contributed by atoms with E-state index in [2.05, 4.69) is 20.9 Å². The zero-order valence-corrected chi connectivity index (χ0v) is 13.1. The van der Waals surface area contributed by atoms with Crippen LogP contribution in [0, 0.1) is 0 Å². The molecule has 5 nitrogen and oxygen atoms in total. The first-order valence-electron chi connectivity index (χ1n) is 7.10. The van der Waals surface area contributed by atoms with Crippen LogP contribution in [0.2, 0.25) is 5.02 Å². The molecule has 2 amide bonds. The first-order chi connectivity index (χ1) is 10.6. The predicted octanol–water partition coefficient (Wildman–Crippen LogP) is 3.21. The number of nitrogens with one attached hydrogen (secondary N) is 3. The summed E-state index contributed by atoms with van der Waals surface area (Å²) >= 11 is 5.85. The molecule has 6 heteroatoms. The molecule has 1 heterocycles.